The highest BCUT2D eigenvalue weighted by Crippen LogP contribution is 2.25. The number of nitrogens with one attached hydrogen (secondary N) is 1. The van der Waals surface area contributed by atoms with Crippen LogP contribution in [0.4, 0.5) is 0 Å². The molecule has 0 saturated carbocycles. The van der Waals surface area contributed by atoms with E-state index in [4.69, 9.17) is 28.2 Å². The summed E-state index contributed by atoms with van der Waals surface area (Å²) in [4.78, 5) is 13.3. The molecular weight excluding hydrogens is 308 g/mol. The van der Waals surface area contributed by atoms with Gasteiger partial charge in [-0.2, -0.15) is 0 Å². The summed E-state index contributed by atoms with van der Waals surface area (Å²) in [6, 6.07) is 11.0. The van der Waals surface area contributed by atoms with Gasteiger partial charge in [0.25, 0.3) is 5.91 Å². The van der Waals surface area contributed by atoms with Gasteiger partial charge >= 0.3 is 0 Å². The number of benzene rings is 1. The number of hydrogen-bond acceptors (Lipinski definition) is 3. The Hall–Kier alpha value is -2.11. The fourth-order valence-corrected chi connectivity index (χ4v) is 2.28. The highest BCUT2D eigenvalue weighted by molar-refractivity contribution is 7.80. The van der Waals surface area contributed by atoms with Crippen molar-refractivity contribution in [2.24, 2.45) is 0 Å². The molecule has 1 amide bonds. The molecule has 2 heterocycles. The second-order valence-electron chi connectivity index (χ2n) is 4.56. The molecule has 4 nitrogen and oxygen atoms in total. The molecule has 1 saturated heterocycles. The Bertz CT molecular complexity index is 749. The van der Waals surface area contributed by atoms with Crippen LogP contribution in [0.1, 0.15) is 5.76 Å². The Balaban J connectivity index is 1.87. The molecule has 0 bridgehead atoms. The Morgan fingerprint density at radius 3 is 2.57 bits per heavy atom. The molecule has 0 unspecified atom stereocenters. The molecule has 1 N–H and O–H groups in total. The van der Waals surface area contributed by atoms with E-state index in [9.17, 15) is 4.79 Å². The lowest BCUT2D eigenvalue weighted by molar-refractivity contribution is -0.121. The molecule has 21 heavy (non-hydrogen) atoms. The van der Waals surface area contributed by atoms with Crippen molar-refractivity contribution in [1.29, 1.82) is 0 Å². The van der Waals surface area contributed by atoms with Crippen LogP contribution in [0.3, 0.4) is 0 Å². The lowest BCUT2D eigenvalue weighted by Crippen LogP contribution is -2.25. The summed E-state index contributed by atoms with van der Waals surface area (Å²) in [5.41, 5.74) is 1.32. The minimum atomic E-state index is -0.176. The predicted molar refractivity (Wildman–Crippen MR) is 85.6 cm³/mol. The monoisotopic (exact) mass is 318 g/mol. The van der Waals surface area contributed by atoms with Crippen molar-refractivity contribution in [3.05, 3.63) is 52.9 Å². The summed E-state index contributed by atoms with van der Waals surface area (Å²) in [5.74, 6) is 1.11. The molecule has 0 radical (unpaired) electrons. The topological polar surface area (TPSA) is 45.5 Å². The number of halogens is 1. The summed E-state index contributed by atoms with van der Waals surface area (Å²) in [6.07, 6.45) is 1.64. The van der Waals surface area contributed by atoms with Crippen molar-refractivity contribution in [1.82, 2.24) is 10.2 Å². The molecule has 0 atom stereocenters. The number of furan rings is 1. The quantitative estimate of drug-likeness (QED) is 0.682. The molecule has 3 rings (SSSR count). The second-order valence-corrected chi connectivity index (χ2v) is 5.38. The maximum Gasteiger partial charge on any atom is 0.276 e. The van der Waals surface area contributed by atoms with Crippen LogP contribution in [0.25, 0.3) is 17.4 Å². The fraction of sp³-hybridized carbons (Fsp3) is 0.0667. The normalized spacial score (nSPS) is 16.7. The zero-order chi connectivity index (χ0) is 15.0. The van der Waals surface area contributed by atoms with Gasteiger partial charge in [-0.1, -0.05) is 11.6 Å². The highest BCUT2D eigenvalue weighted by atomic mass is 35.5. The van der Waals surface area contributed by atoms with Crippen LogP contribution in [0, 0.1) is 0 Å². The van der Waals surface area contributed by atoms with E-state index in [0.29, 0.717) is 27.4 Å². The average molecular weight is 319 g/mol. The SMILES string of the molecule is CN1C(=O)C(=Cc2ccc(-c3ccc(Cl)cc3)o2)NC1=S. The van der Waals surface area contributed by atoms with Crippen molar-refractivity contribution in [3.8, 4) is 11.3 Å². The molecule has 1 fully saturated rings. The lowest BCUT2D eigenvalue weighted by Gasteiger charge is -2.02. The zero-order valence-corrected chi connectivity index (χ0v) is 12.7. The molecule has 1 aliphatic rings. The van der Waals surface area contributed by atoms with Crippen LogP contribution < -0.4 is 5.32 Å². The summed E-state index contributed by atoms with van der Waals surface area (Å²) < 4.78 is 5.72. The number of nitrogens with zero attached hydrogens (tertiary/aromatic N) is 1. The summed E-state index contributed by atoms with van der Waals surface area (Å²) in [5, 5.41) is 3.91. The van der Waals surface area contributed by atoms with Crippen molar-refractivity contribution in [3.63, 3.8) is 0 Å². The van der Waals surface area contributed by atoms with Crippen molar-refractivity contribution < 1.29 is 9.21 Å². The third-order valence-electron chi connectivity index (χ3n) is 3.12. The number of thiocarbonyl (C=S) groups is 1. The van der Waals surface area contributed by atoms with E-state index in [-0.39, 0.29) is 5.91 Å². The number of carbonyl (C=O) groups excluding carboxylic acids is 1. The van der Waals surface area contributed by atoms with Crippen LogP contribution >= 0.6 is 23.8 Å². The van der Waals surface area contributed by atoms with Gasteiger partial charge in [0.05, 0.1) is 0 Å². The molecule has 1 aromatic carbocycles. The van der Waals surface area contributed by atoms with E-state index in [0.717, 1.165) is 5.56 Å². The molecule has 106 valence electrons. The van der Waals surface area contributed by atoms with E-state index in [1.165, 1.54) is 4.90 Å². The van der Waals surface area contributed by atoms with Gasteiger partial charge in [0.1, 0.15) is 17.2 Å². The van der Waals surface area contributed by atoms with Gasteiger partial charge in [-0.3, -0.25) is 9.69 Å². The van der Waals surface area contributed by atoms with E-state index < -0.39 is 0 Å². The molecule has 0 spiro atoms. The van der Waals surface area contributed by atoms with Crippen LogP contribution in [0.5, 0.6) is 0 Å². The zero-order valence-electron chi connectivity index (χ0n) is 11.1. The Morgan fingerprint density at radius 2 is 1.95 bits per heavy atom. The molecular formula is C15H11ClN2O2S. The number of hydrogen-bond donors (Lipinski definition) is 1. The Morgan fingerprint density at radius 1 is 1.24 bits per heavy atom. The first-order valence-corrected chi connectivity index (χ1v) is 7.00. The van der Waals surface area contributed by atoms with E-state index >= 15 is 0 Å². The van der Waals surface area contributed by atoms with Crippen molar-refractivity contribution in [2.75, 3.05) is 7.05 Å². The van der Waals surface area contributed by atoms with Gasteiger partial charge in [-0.25, -0.2) is 0 Å². The number of carbonyl (C=O) groups is 1. The second kappa shape index (κ2) is 5.35. The minimum Gasteiger partial charge on any atom is -0.457 e. The first-order valence-electron chi connectivity index (χ1n) is 6.21. The number of amides is 1. The summed E-state index contributed by atoms with van der Waals surface area (Å²) in [7, 11) is 1.62. The van der Waals surface area contributed by atoms with Crippen molar-refractivity contribution in [2.45, 2.75) is 0 Å². The van der Waals surface area contributed by atoms with Gasteiger partial charge in [-0.05, 0) is 48.6 Å². The maximum atomic E-state index is 11.9. The van der Waals surface area contributed by atoms with Gasteiger partial charge in [0.2, 0.25) is 0 Å². The van der Waals surface area contributed by atoms with E-state index in [1.807, 2.05) is 18.2 Å². The molecule has 6 heteroatoms. The van der Waals surface area contributed by atoms with Crippen LogP contribution in [0.15, 0.2) is 46.5 Å². The average Bonchev–Trinajstić information content (AvgIpc) is 3.02. The molecule has 0 aliphatic carbocycles. The standard InChI is InChI=1S/C15H11ClN2O2S/c1-18-14(19)12(17-15(18)21)8-11-6-7-13(20-11)9-2-4-10(16)5-3-9/h2-8H,1H3,(H,17,21). The first kappa shape index (κ1) is 13.9. The Kier molecular flexibility index (Phi) is 3.53. The van der Waals surface area contributed by atoms with Gasteiger partial charge in [-0.15, -0.1) is 0 Å². The van der Waals surface area contributed by atoms with Crippen molar-refractivity contribution >= 4 is 40.9 Å². The van der Waals surface area contributed by atoms with Crippen LogP contribution in [-0.4, -0.2) is 23.0 Å². The lowest BCUT2D eigenvalue weighted by atomic mass is 10.2. The van der Waals surface area contributed by atoms with E-state index in [2.05, 4.69) is 5.32 Å². The number of likely N-dealkylation sites (N-methyl/N-ethyl adjacent to an activating group) is 1. The summed E-state index contributed by atoms with van der Waals surface area (Å²) in [6.45, 7) is 0. The fourth-order valence-electron chi connectivity index (χ4n) is 1.97. The van der Waals surface area contributed by atoms with Gasteiger partial charge in [0.15, 0.2) is 5.11 Å². The van der Waals surface area contributed by atoms with E-state index in [1.54, 1.807) is 31.3 Å². The predicted octanol–water partition coefficient (Wildman–Crippen LogP) is 3.29. The minimum absolute atomic E-state index is 0.176. The van der Waals surface area contributed by atoms with Crippen LogP contribution in [-0.2, 0) is 4.79 Å². The third kappa shape index (κ3) is 2.70. The molecule has 1 aliphatic heterocycles. The van der Waals surface area contributed by atoms with Gasteiger partial charge in [0, 0.05) is 23.7 Å². The smallest absolute Gasteiger partial charge is 0.276 e. The third-order valence-corrected chi connectivity index (χ3v) is 3.75. The van der Waals surface area contributed by atoms with Crippen LogP contribution in [0.2, 0.25) is 5.02 Å². The number of rotatable bonds is 2. The van der Waals surface area contributed by atoms with Gasteiger partial charge < -0.3 is 9.73 Å². The molecule has 2 aromatic rings. The highest BCUT2D eigenvalue weighted by Gasteiger charge is 2.27. The maximum absolute atomic E-state index is 11.9. The summed E-state index contributed by atoms with van der Waals surface area (Å²) >= 11 is 10.9. The largest absolute Gasteiger partial charge is 0.457 e. The molecule has 1 aromatic heterocycles. The first-order chi connectivity index (χ1) is 10.0. The Labute approximate surface area is 132 Å².